The molecule has 0 aliphatic carbocycles. The highest BCUT2D eigenvalue weighted by molar-refractivity contribution is 6.09. The Bertz CT molecular complexity index is 824. The van der Waals surface area contributed by atoms with Crippen molar-refractivity contribution in [1.82, 2.24) is 4.98 Å². The number of hydrogen-bond acceptors (Lipinski definition) is 1. The standard InChI is InChI=1S/C15H9F2NO2/c16-8-5-6-11(17)10(7-8)14-13(15(19)20)9-3-1-2-4-12(9)18-14/h1-7,18H,(H,19,20). The van der Waals surface area contributed by atoms with Crippen molar-refractivity contribution in [3.8, 4) is 11.3 Å². The maximum Gasteiger partial charge on any atom is 0.338 e. The van der Waals surface area contributed by atoms with Crippen molar-refractivity contribution < 1.29 is 18.7 Å². The van der Waals surface area contributed by atoms with E-state index < -0.39 is 17.6 Å². The molecule has 2 N–H and O–H groups in total. The molecule has 1 aromatic heterocycles. The lowest BCUT2D eigenvalue weighted by Crippen LogP contribution is -1.99. The minimum atomic E-state index is -1.19. The first-order chi connectivity index (χ1) is 9.58. The molecular formula is C15H9F2NO2. The number of halogens is 2. The second-order valence-corrected chi connectivity index (χ2v) is 4.35. The van der Waals surface area contributed by atoms with Gasteiger partial charge in [0.2, 0.25) is 0 Å². The van der Waals surface area contributed by atoms with Gasteiger partial charge in [-0.05, 0) is 24.3 Å². The maximum atomic E-state index is 13.8. The highest BCUT2D eigenvalue weighted by atomic mass is 19.1. The first-order valence-corrected chi connectivity index (χ1v) is 5.87. The SMILES string of the molecule is O=C(O)c1c(-c2cc(F)ccc2F)[nH]c2ccccc12. The van der Waals surface area contributed by atoms with Gasteiger partial charge in [0.1, 0.15) is 11.6 Å². The molecule has 0 spiro atoms. The summed E-state index contributed by atoms with van der Waals surface area (Å²) >= 11 is 0. The lowest BCUT2D eigenvalue weighted by Gasteiger charge is -2.03. The van der Waals surface area contributed by atoms with Crippen LogP contribution in [-0.2, 0) is 0 Å². The molecular weight excluding hydrogens is 264 g/mol. The number of carbonyl (C=O) groups is 1. The summed E-state index contributed by atoms with van der Waals surface area (Å²) in [5.74, 6) is -2.50. The molecule has 0 amide bonds. The predicted octanol–water partition coefficient (Wildman–Crippen LogP) is 3.81. The molecule has 5 heteroatoms. The summed E-state index contributed by atoms with van der Waals surface area (Å²) in [6.07, 6.45) is 0. The summed E-state index contributed by atoms with van der Waals surface area (Å²) in [7, 11) is 0. The van der Waals surface area contributed by atoms with Crippen molar-refractivity contribution in [2.45, 2.75) is 0 Å². The Kier molecular flexibility index (Phi) is 2.75. The molecule has 0 unspecified atom stereocenters. The van der Waals surface area contributed by atoms with E-state index in [2.05, 4.69) is 4.98 Å². The number of carboxylic acids is 1. The first kappa shape index (κ1) is 12.3. The highest BCUT2D eigenvalue weighted by Gasteiger charge is 2.21. The molecule has 1 heterocycles. The summed E-state index contributed by atoms with van der Waals surface area (Å²) in [6, 6.07) is 9.67. The molecule has 0 aliphatic heterocycles. The number of aromatic amines is 1. The van der Waals surface area contributed by atoms with Gasteiger partial charge in [0.15, 0.2) is 0 Å². The maximum absolute atomic E-state index is 13.8. The second kappa shape index (κ2) is 4.45. The van der Waals surface area contributed by atoms with Gasteiger partial charge in [0.05, 0.1) is 11.3 Å². The zero-order valence-electron chi connectivity index (χ0n) is 10.2. The summed E-state index contributed by atoms with van der Waals surface area (Å²) in [6.45, 7) is 0. The Labute approximate surface area is 112 Å². The third-order valence-electron chi connectivity index (χ3n) is 3.12. The summed E-state index contributed by atoms with van der Waals surface area (Å²) in [5, 5.41) is 9.79. The minimum absolute atomic E-state index is 0.0647. The van der Waals surface area contributed by atoms with Crippen molar-refractivity contribution in [1.29, 1.82) is 0 Å². The lowest BCUT2D eigenvalue weighted by atomic mass is 10.0. The van der Waals surface area contributed by atoms with Crippen LogP contribution in [0, 0.1) is 11.6 Å². The van der Waals surface area contributed by atoms with Crippen molar-refractivity contribution in [3.05, 3.63) is 59.7 Å². The van der Waals surface area contributed by atoms with Crippen LogP contribution >= 0.6 is 0 Å². The molecule has 0 radical (unpaired) electrons. The minimum Gasteiger partial charge on any atom is -0.478 e. The summed E-state index contributed by atoms with van der Waals surface area (Å²) < 4.78 is 27.1. The molecule has 0 saturated carbocycles. The van der Waals surface area contributed by atoms with Crippen LogP contribution in [0.1, 0.15) is 10.4 Å². The smallest absolute Gasteiger partial charge is 0.338 e. The van der Waals surface area contributed by atoms with Crippen molar-refractivity contribution in [2.75, 3.05) is 0 Å². The van der Waals surface area contributed by atoms with Gasteiger partial charge in [0, 0.05) is 16.5 Å². The molecule has 0 fully saturated rings. The molecule has 3 rings (SSSR count). The van der Waals surface area contributed by atoms with Crippen LogP contribution in [0.2, 0.25) is 0 Å². The van der Waals surface area contributed by atoms with E-state index in [4.69, 9.17) is 0 Å². The van der Waals surface area contributed by atoms with Crippen molar-refractivity contribution >= 4 is 16.9 Å². The van der Waals surface area contributed by atoms with Gasteiger partial charge in [-0.15, -0.1) is 0 Å². The van der Waals surface area contributed by atoms with E-state index in [1.54, 1.807) is 24.3 Å². The number of H-pyrrole nitrogens is 1. The van der Waals surface area contributed by atoms with Gasteiger partial charge in [-0.3, -0.25) is 0 Å². The average molecular weight is 273 g/mol. The van der Waals surface area contributed by atoms with Crippen LogP contribution in [-0.4, -0.2) is 16.1 Å². The molecule has 20 heavy (non-hydrogen) atoms. The molecule has 2 aromatic carbocycles. The quantitative estimate of drug-likeness (QED) is 0.746. The fourth-order valence-electron chi connectivity index (χ4n) is 2.26. The Morgan fingerprint density at radius 3 is 2.60 bits per heavy atom. The lowest BCUT2D eigenvalue weighted by molar-refractivity contribution is 0.0700. The van der Waals surface area contributed by atoms with Crippen LogP contribution in [0.5, 0.6) is 0 Å². The number of aromatic nitrogens is 1. The van der Waals surface area contributed by atoms with E-state index in [9.17, 15) is 18.7 Å². The third-order valence-corrected chi connectivity index (χ3v) is 3.12. The number of rotatable bonds is 2. The average Bonchev–Trinajstić information content (AvgIpc) is 2.80. The molecule has 3 aromatic rings. The molecule has 0 aliphatic rings. The van der Waals surface area contributed by atoms with Crippen LogP contribution in [0.25, 0.3) is 22.2 Å². The number of aromatic carboxylic acids is 1. The number of fused-ring (bicyclic) bond motifs is 1. The number of hydrogen-bond donors (Lipinski definition) is 2. The zero-order valence-corrected chi connectivity index (χ0v) is 10.2. The van der Waals surface area contributed by atoms with Gasteiger partial charge in [-0.2, -0.15) is 0 Å². The van der Waals surface area contributed by atoms with Gasteiger partial charge in [-0.1, -0.05) is 18.2 Å². The summed E-state index contributed by atoms with van der Waals surface area (Å²) in [4.78, 5) is 14.3. The van der Waals surface area contributed by atoms with Gasteiger partial charge in [-0.25, -0.2) is 13.6 Å². The van der Waals surface area contributed by atoms with E-state index in [0.717, 1.165) is 18.2 Å². The zero-order chi connectivity index (χ0) is 14.3. The van der Waals surface area contributed by atoms with E-state index >= 15 is 0 Å². The third kappa shape index (κ3) is 1.84. The fourth-order valence-corrected chi connectivity index (χ4v) is 2.26. The monoisotopic (exact) mass is 273 g/mol. The van der Waals surface area contributed by atoms with Crippen LogP contribution in [0.3, 0.4) is 0 Å². The molecule has 0 atom stereocenters. The normalized spacial score (nSPS) is 10.9. The topological polar surface area (TPSA) is 53.1 Å². The number of carboxylic acid groups (broad SMARTS) is 1. The predicted molar refractivity (Wildman–Crippen MR) is 70.6 cm³/mol. The number of para-hydroxylation sites is 1. The largest absolute Gasteiger partial charge is 0.478 e. The Morgan fingerprint density at radius 1 is 1.10 bits per heavy atom. The Balaban J connectivity index is 2.38. The van der Waals surface area contributed by atoms with E-state index in [0.29, 0.717) is 10.9 Å². The first-order valence-electron chi connectivity index (χ1n) is 5.87. The highest BCUT2D eigenvalue weighted by Crippen LogP contribution is 2.32. The van der Waals surface area contributed by atoms with Crippen molar-refractivity contribution in [2.24, 2.45) is 0 Å². The summed E-state index contributed by atoms with van der Waals surface area (Å²) in [5.41, 5.74) is 0.461. The van der Waals surface area contributed by atoms with Crippen LogP contribution in [0.15, 0.2) is 42.5 Å². The van der Waals surface area contributed by atoms with Gasteiger partial charge < -0.3 is 10.1 Å². The van der Waals surface area contributed by atoms with Crippen molar-refractivity contribution in [3.63, 3.8) is 0 Å². The molecule has 0 saturated heterocycles. The van der Waals surface area contributed by atoms with E-state index in [1.807, 2.05) is 0 Å². The fraction of sp³-hybridized carbons (Fsp3) is 0. The van der Waals surface area contributed by atoms with E-state index in [-0.39, 0.29) is 16.8 Å². The van der Waals surface area contributed by atoms with Gasteiger partial charge in [0.25, 0.3) is 0 Å². The molecule has 0 bridgehead atoms. The van der Waals surface area contributed by atoms with Crippen LogP contribution < -0.4 is 0 Å². The number of benzene rings is 2. The molecule has 100 valence electrons. The van der Waals surface area contributed by atoms with Gasteiger partial charge >= 0.3 is 5.97 Å². The van der Waals surface area contributed by atoms with E-state index in [1.165, 1.54) is 0 Å². The van der Waals surface area contributed by atoms with Crippen LogP contribution in [0.4, 0.5) is 8.78 Å². The Hall–Kier alpha value is -2.69. The number of nitrogens with one attached hydrogen (secondary N) is 1. The Morgan fingerprint density at radius 2 is 1.85 bits per heavy atom. The second-order valence-electron chi connectivity index (χ2n) is 4.35. The molecule has 3 nitrogen and oxygen atoms in total.